The molecule has 0 unspecified atom stereocenters. The third-order valence-corrected chi connectivity index (χ3v) is 3.57. The minimum Gasteiger partial charge on any atom is -0.393 e. The van der Waals surface area contributed by atoms with E-state index in [9.17, 15) is 19.3 Å². The quantitative estimate of drug-likeness (QED) is 0.417. The van der Waals surface area contributed by atoms with Crippen molar-refractivity contribution in [2.75, 3.05) is 12.3 Å². The first kappa shape index (κ1) is 20.1. The van der Waals surface area contributed by atoms with Crippen LogP contribution in [0.25, 0.3) is 0 Å². The summed E-state index contributed by atoms with van der Waals surface area (Å²) in [7, 11) is 0. The normalized spacial score (nSPS) is 10.7. The maximum atomic E-state index is 13.4. The number of carbonyl (C=O) groups excluding carboxylic acids is 1. The molecule has 0 atom stereocenters. The summed E-state index contributed by atoms with van der Waals surface area (Å²) in [6.07, 6.45) is 1.28. The number of benzene rings is 1. The highest BCUT2D eigenvalue weighted by molar-refractivity contribution is 6.01. The SMILES string of the molecule is CCC(N)(CC)CNC(=O)c1cc(F)cc([N+](=O)[O-])c1N.Cl. The lowest BCUT2D eigenvalue weighted by Crippen LogP contribution is -2.49. The summed E-state index contributed by atoms with van der Waals surface area (Å²) in [4.78, 5) is 22.0. The molecule has 0 aliphatic rings. The van der Waals surface area contributed by atoms with Crippen LogP contribution in [-0.4, -0.2) is 22.9 Å². The average molecular weight is 335 g/mol. The van der Waals surface area contributed by atoms with Crippen molar-refractivity contribution in [2.45, 2.75) is 32.2 Å². The Morgan fingerprint density at radius 3 is 2.41 bits per heavy atom. The van der Waals surface area contributed by atoms with E-state index in [2.05, 4.69) is 5.32 Å². The molecular weight excluding hydrogens is 315 g/mol. The van der Waals surface area contributed by atoms with Crippen molar-refractivity contribution in [3.05, 3.63) is 33.6 Å². The van der Waals surface area contributed by atoms with E-state index < -0.39 is 27.9 Å². The van der Waals surface area contributed by atoms with Gasteiger partial charge in [-0.3, -0.25) is 14.9 Å². The molecule has 0 aliphatic carbocycles. The van der Waals surface area contributed by atoms with Gasteiger partial charge in [-0.15, -0.1) is 12.4 Å². The largest absolute Gasteiger partial charge is 0.393 e. The number of halogens is 2. The number of rotatable bonds is 6. The maximum Gasteiger partial charge on any atom is 0.295 e. The molecule has 5 N–H and O–H groups in total. The molecule has 0 aromatic heterocycles. The first-order valence-corrected chi connectivity index (χ1v) is 6.54. The number of nitro groups is 1. The molecule has 0 saturated heterocycles. The van der Waals surface area contributed by atoms with Gasteiger partial charge in [0.15, 0.2) is 0 Å². The van der Waals surface area contributed by atoms with E-state index in [1.54, 1.807) is 0 Å². The summed E-state index contributed by atoms with van der Waals surface area (Å²) < 4.78 is 13.4. The van der Waals surface area contributed by atoms with Gasteiger partial charge in [0.1, 0.15) is 11.5 Å². The van der Waals surface area contributed by atoms with Crippen LogP contribution in [0.5, 0.6) is 0 Å². The van der Waals surface area contributed by atoms with E-state index >= 15 is 0 Å². The number of hydrogen-bond donors (Lipinski definition) is 3. The van der Waals surface area contributed by atoms with Crippen molar-refractivity contribution in [1.29, 1.82) is 0 Å². The van der Waals surface area contributed by atoms with Crippen LogP contribution in [-0.2, 0) is 0 Å². The number of hydrogen-bond acceptors (Lipinski definition) is 5. The van der Waals surface area contributed by atoms with Gasteiger partial charge in [-0.05, 0) is 18.9 Å². The minimum atomic E-state index is -0.897. The van der Waals surface area contributed by atoms with E-state index in [0.717, 1.165) is 6.07 Å². The molecule has 0 fully saturated rings. The number of nitro benzene ring substituents is 1. The van der Waals surface area contributed by atoms with Crippen LogP contribution < -0.4 is 16.8 Å². The molecule has 0 radical (unpaired) electrons. The number of nitrogens with two attached hydrogens (primary N) is 2. The van der Waals surface area contributed by atoms with Crippen LogP contribution >= 0.6 is 12.4 Å². The molecular formula is C13H20ClFN4O3. The van der Waals surface area contributed by atoms with E-state index in [0.29, 0.717) is 18.9 Å². The molecule has 22 heavy (non-hydrogen) atoms. The van der Waals surface area contributed by atoms with Crippen molar-refractivity contribution in [3.63, 3.8) is 0 Å². The number of nitrogens with zero attached hydrogens (tertiary/aromatic N) is 1. The van der Waals surface area contributed by atoms with Crippen molar-refractivity contribution >= 4 is 29.7 Å². The van der Waals surface area contributed by atoms with Gasteiger partial charge in [-0.1, -0.05) is 13.8 Å². The Morgan fingerprint density at radius 1 is 1.41 bits per heavy atom. The van der Waals surface area contributed by atoms with Crippen molar-refractivity contribution in [1.82, 2.24) is 5.32 Å². The fraction of sp³-hybridized carbons (Fsp3) is 0.462. The van der Waals surface area contributed by atoms with Gasteiger partial charge in [0, 0.05) is 12.1 Å². The van der Waals surface area contributed by atoms with Gasteiger partial charge in [0.25, 0.3) is 11.6 Å². The van der Waals surface area contributed by atoms with Crippen molar-refractivity contribution < 1.29 is 14.1 Å². The number of carbonyl (C=O) groups is 1. The number of nitrogen functional groups attached to an aromatic ring is 1. The summed E-state index contributed by atoms with van der Waals surface area (Å²) in [5.74, 6) is -1.59. The van der Waals surface area contributed by atoms with E-state index in [4.69, 9.17) is 11.5 Å². The van der Waals surface area contributed by atoms with Gasteiger partial charge in [-0.25, -0.2) is 4.39 Å². The van der Waals surface area contributed by atoms with E-state index in [-0.39, 0.29) is 30.2 Å². The molecule has 1 rings (SSSR count). The van der Waals surface area contributed by atoms with Crippen LogP contribution in [0.4, 0.5) is 15.8 Å². The molecule has 0 aliphatic heterocycles. The molecule has 9 heteroatoms. The lowest BCUT2D eigenvalue weighted by Gasteiger charge is -2.26. The number of nitrogens with one attached hydrogen (secondary N) is 1. The molecule has 0 spiro atoms. The predicted molar refractivity (Wildman–Crippen MR) is 84.5 cm³/mol. The lowest BCUT2D eigenvalue weighted by molar-refractivity contribution is -0.384. The number of amides is 1. The van der Waals surface area contributed by atoms with Crippen molar-refractivity contribution in [2.24, 2.45) is 5.73 Å². The molecule has 1 aromatic carbocycles. The highest BCUT2D eigenvalue weighted by Gasteiger charge is 2.25. The Kier molecular flexibility index (Phi) is 7.21. The summed E-state index contributed by atoms with van der Waals surface area (Å²) in [5.41, 5.74) is 9.75. The van der Waals surface area contributed by atoms with Crippen LogP contribution in [0.3, 0.4) is 0 Å². The van der Waals surface area contributed by atoms with Crippen LogP contribution in [0.2, 0.25) is 0 Å². The fourth-order valence-corrected chi connectivity index (χ4v) is 1.79. The zero-order valence-electron chi connectivity index (χ0n) is 12.4. The smallest absolute Gasteiger partial charge is 0.295 e. The highest BCUT2D eigenvalue weighted by atomic mass is 35.5. The highest BCUT2D eigenvalue weighted by Crippen LogP contribution is 2.26. The Bertz CT molecular complexity index is 564. The maximum absolute atomic E-state index is 13.4. The first-order chi connectivity index (χ1) is 9.74. The Hall–Kier alpha value is -1.93. The fourth-order valence-electron chi connectivity index (χ4n) is 1.79. The van der Waals surface area contributed by atoms with Gasteiger partial charge in [0.05, 0.1) is 16.6 Å². The molecule has 1 amide bonds. The zero-order valence-corrected chi connectivity index (χ0v) is 13.2. The molecule has 0 heterocycles. The van der Waals surface area contributed by atoms with E-state index in [1.807, 2.05) is 13.8 Å². The van der Waals surface area contributed by atoms with Gasteiger partial charge in [-0.2, -0.15) is 0 Å². The molecule has 124 valence electrons. The molecule has 7 nitrogen and oxygen atoms in total. The molecule has 1 aromatic rings. The monoisotopic (exact) mass is 334 g/mol. The number of anilines is 1. The summed E-state index contributed by atoms with van der Waals surface area (Å²) >= 11 is 0. The predicted octanol–water partition coefficient (Wildman–Crippen LogP) is 1.99. The molecule has 0 bridgehead atoms. The standard InChI is InChI=1S/C13H19FN4O3.ClH/c1-3-13(16,4-2)7-17-12(19)9-5-8(14)6-10(11(9)15)18(20)21;/h5-6H,3-4,7,15-16H2,1-2H3,(H,17,19);1H. The molecule has 0 saturated carbocycles. The summed E-state index contributed by atoms with van der Waals surface area (Å²) in [5, 5.41) is 13.3. The van der Waals surface area contributed by atoms with E-state index in [1.165, 1.54) is 0 Å². The first-order valence-electron chi connectivity index (χ1n) is 6.54. The lowest BCUT2D eigenvalue weighted by atomic mass is 9.94. The summed E-state index contributed by atoms with van der Waals surface area (Å²) in [6, 6.07) is 1.55. The Balaban J connectivity index is 0.00000441. The van der Waals surface area contributed by atoms with Gasteiger partial charge < -0.3 is 16.8 Å². The van der Waals surface area contributed by atoms with Crippen LogP contribution in [0.1, 0.15) is 37.0 Å². The third-order valence-electron chi connectivity index (χ3n) is 3.57. The van der Waals surface area contributed by atoms with Gasteiger partial charge >= 0.3 is 0 Å². The van der Waals surface area contributed by atoms with Crippen LogP contribution in [0, 0.1) is 15.9 Å². The second-order valence-electron chi connectivity index (χ2n) is 4.90. The average Bonchev–Trinajstić information content (AvgIpc) is 2.46. The Morgan fingerprint density at radius 2 is 1.95 bits per heavy atom. The second-order valence-corrected chi connectivity index (χ2v) is 4.90. The zero-order chi connectivity index (χ0) is 16.2. The third kappa shape index (κ3) is 4.54. The second kappa shape index (κ2) is 7.90. The van der Waals surface area contributed by atoms with Gasteiger partial charge in [0.2, 0.25) is 0 Å². The summed E-state index contributed by atoms with van der Waals surface area (Å²) in [6.45, 7) is 3.94. The minimum absolute atomic E-state index is 0. The Labute approximate surface area is 133 Å². The van der Waals surface area contributed by atoms with Crippen LogP contribution in [0.15, 0.2) is 12.1 Å². The van der Waals surface area contributed by atoms with Crippen molar-refractivity contribution in [3.8, 4) is 0 Å². The topological polar surface area (TPSA) is 124 Å².